The van der Waals surface area contributed by atoms with E-state index < -0.39 is 0 Å². The third-order valence-corrected chi connectivity index (χ3v) is 7.05. The maximum absolute atomic E-state index is 11.2. The summed E-state index contributed by atoms with van der Waals surface area (Å²) in [5.41, 5.74) is 5.69. The Labute approximate surface area is 200 Å². The predicted octanol–water partition coefficient (Wildman–Crippen LogP) is 7.90. The van der Waals surface area contributed by atoms with Crippen molar-refractivity contribution in [2.24, 2.45) is 0 Å². The van der Waals surface area contributed by atoms with Gasteiger partial charge < -0.3 is 9.84 Å². The molecule has 2 nitrogen and oxygen atoms in total. The van der Waals surface area contributed by atoms with Gasteiger partial charge in [0.25, 0.3) is 0 Å². The molecule has 1 heterocycles. The lowest BCUT2D eigenvalue weighted by Gasteiger charge is -2.41. The molecule has 0 aliphatic carbocycles. The molecule has 0 bridgehead atoms. The van der Waals surface area contributed by atoms with Crippen molar-refractivity contribution < 1.29 is 9.84 Å². The standard InChI is InChI=1S/C32H26O2/c1-21-15-17-24(18-16-21)30-29(23-10-3-2-4-11-23)26-13-7-8-14-28(26)34-32(30)31-25-12-6-5-9-22(25)19-20-27(31)33/h2-20,29-30,32-33H,1H3/t29-,30-,32-/m1/s1. The topological polar surface area (TPSA) is 29.5 Å². The van der Waals surface area contributed by atoms with Crippen molar-refractivity contribution >= 4 is 10.8 Å². The van der Waals surface area contributed by atoms with Crippen LogP contribution in [0.3, 0.4) is 0 Å². The molecule has 6 rings (SSSR count). The highest BCUT2D eigenvalue weighted by Gasteiger charge is 2.42. The largest absolute Gasteiger partial charge is 0.508 e. The summed E-state index contributed by atoms with van der Waals surface area (Å²) in [6.45, 7) is 2.11. The van der Waals surface area contributed by atoms with Gasteiger partial charge in [0.05, 0.1) is 0 Å². The van der Waals surface area contributed by atoms with Crippen molar-refractivity contribution in [1.29, 1.82) is 0 Å². The van der Waals surface area contributed by atoms with Crippen LogP contribution in [0.1, 0.15) is 45.8 Å². The molecule has 1 N–H and O–H groups in total. The lowest BCUT2D eigenvalue weighted by Crippen LogP contribution is -2.29. The molecule has 5 aromatic rings. The van der Waals surface area contributed by atoms with Gasteiger partial charge in [0.15, 0.2) is 0 Å². The van der Waals surface area contributed by atoms with Crippen LogP contribution in [0, 0.1) is 6.92 Å². The molecule has 1 aliphatic heterocycles. The van der Waals surface area contributed by atoms with Gasteiger partial charge in [0, 0.05) is 23.0 Å². The summed E-state index contributed by atoms with van der Waals surface area (Å²) in [6, 6.07) is 39.7. The van der Waals surface area contributed by atoms with E-state index in [9.17, 15) is 5.11 Å². The van der Waals surface area contributed by atoms with Gasteiger partial charge >= 0.3 is 0 Å². The molecule has 0 aromatic heterocycles. The summed E-state index contributed by atoms with van der Waals surface area (Å²) in [4.78, 5) is 0. The number of rotatable bonds is 3. The summed E-state index contributed by atoms with van der Waals surface area (Å²) in [5, 5.41) is 13.3. The molecule has 5 aromatic carbocycles. The lowest BCUT2D eigenvalue weighted by molar-refractivity contribution is 0.139. The Hall–Kier alpha value is -4.04. The fourth-order valence-corrected chi connectivity index (χ4v) is 5.45. The number of hydrogen-bond donors (Lipinski definition) is 1. The summed E-state index contributed by atoms with van der Waals surface area (Å²) >= 11 is 0. The van der Waals surface area contributed by atoms with Gasteiger partial charge in [-0.3, -0.25) is 0 Å². The van der Waals surface area contributed by atoms with Crippen LogP contribution in [0.4, 0.5) is 0 Å². The van der Waals surface area contributed by atoms with Gasteiger partial charge in [-0.25, -0.2) is 0 Å². The first-order chi connectivity index (χ1) is 16.7. The van der Waals surface area contributed by atoms with E-state index in [1.54, 1.807) is 6.07 Å². The van der Waals surface area contributed by atoms with Crippen molar-refractivity contribution in [1.82, 2.24) is 0 Å². The number of aromatic hydroxyl groups is 1. The maximum atomic E-state index is 11.2. The van der Waals surface area contributed by atoms with Crippen LogP contribution in [-0.4, -0.2) is 5.11 Å². The highest BCUT2D eigenvalue weighted by atomic mass is 16.5. The number of fused-ring (bicyclic) bond motifs is 2. The van der Waals surface area contributed by atoms with Crippen LogP contribution in [-0.2, 0) is 0 Å². The van der Waals surface area contributed by atoms with Crippen molar-refractivity contribution in [3.05, 3.63) is 143 Å². The highest BCUT2D eigenvalue weighted by molar-refractivity contribution is 5.88. The molecule has 0 saturated carbocycles. The average Bonchev–Trinajstić information content (AvgIpc) is 2.89. The summed E-state index contributed by atoms with van der Waals surface area (Å²) in [6.07, 6.45) is -0.353. The van der Waals surface area contributed by atoms with Crippen LogP contribution in [0.15, 0.2) is 115 Å². The molecule has 0 saturated heterocycles. The van der Waals surface area contributed by atoms with E-state index in [-0.39, 0.29) is 23.7 Å². The van der Waals surface area contributed by atoms with Crippen molar-refractivity contribution in [3.63, 3.8) is 0 Å². The van der Waals surface area contributed by atoms with E-state index in [1.807, 2.05) is 30.3 Å². The lowest BCUT2D eigenvalue weighted by atomic mass is 9.70. The minimum atomic E-state index is -0.353. The second kappa shape index (κ2) is 8.39. The monoisotopic (exact) mass is 442 g/mol. The van der Waals surface area contributed by atoms with E-state index in [4.69, 9.17) is 4.74 Å². The Balaban J connectivity index is 1.66. The molecule has 0 spiro atoms. The summed E-state index contributed by atoms with van der Waals surface area (Å²) in [5.74, 6) is 1.20. The van der Waals surface area contributed by atoms with Crippen LogP contribution >= 0.6 is 0 Å². The van der Waals surface area contributed by atoms with Gasteiger partial charge in [-0.1, -0.05) is 109 Å². The highest BCUT2D eigenvalue weighted by Crippen LogP contribution is 2.55. The number of benzene rings is 5. The van der Waals surface area contributed by atoms with Gasteiger partial charge in [-0.05, 0) is 41.0 Å². The molecule has 166 valence electrons. The smallest absolute Gasteiger partial charge is 0.136 e. The van der Waals surface area contributed by atoms with E-state index >= 15 is 0 Å². The number of hydrogen-bond acceptors (Lipinski definition) is 2. The number of para-hydroxylation sites is 1. The molecule has 34 heavy (non-hydrogen) atoms. The van der Waals surface area contributed by atoms with Crippen LogP contribution in [0.5, 0.6) is 11.5 Å². The molecule has 3 atom stereocenters. The molecular formula is C32H26O2. The SMILES string of the molecule is Cc1ccc([C@@H]2[C@H](c3ccccc3)c3ccccc3O[C@H]2c2c(O)ccc3ccccc23)cc1. The first-order valence-corrected chi connectivity index (χ1v) is 11.8. The molecule has 2 heteroatoms. The fourth-order valence-electron chi connectivity index (χ4n) is 5.45. The first-order valence-electron chi connectivity index (χ1n) is 11.8. The Morgan fingerprint density at radius 3 is 2.18 bits per heavy atom. The van der Waals surface area contributed by atoms with Crippen molar-refractivity contribution in [3.8, 4) is 11.5 Å². The van der Waals surface area contributed by atoms with E-state index in [2.05, 4.69) is 85.8 Å². The molecule has 0 amide bonds. The van der Waals surface area contributed by atoms with Crippen molar-refractivity contribution in [2.75, 3.05) is 0 Å². The normalized spacial score (nSPS) is 19.4. The summed E-state index contributed by atoms with van der Waals surface area (Å²) in [7, 11) is 0. The van der Waals surface area contributed by atoms with Crippen LogP contribution < -0.4 is 4.74 Å². The number of phenols is 1. The Morgan fingerprint density at radius 2 is 1.35 bits per heavy atom. The predicted molar refractivity (Wildman–Crippen MR) is 138 cm³/mol. The quantitative estimate of drug-likeness (QED) is 0.308. The zero-order valence-electron chi connectivity index (χ0n) is 19.1. The summed E-state index contributed by atoms with van der Waals surface area (Å²) < 4.78 is 6.80. The number of ether oxygens (including phenoxy) is 1. The molecule has 0 radical (unpaired) electrons. The Morgan fingerprint density at radius 1 is 0.647 bits per heavy atom. The Bertz CT molecular complexity index is 1450. The molecule has 1 aliphatic rings. The van der Waals surface area contributed by atoms with Crippen LogP contribution in [0.2, 0.25) is 0 Å². The zero-order chi connectivity index (χ0) is 23.1. The van der Waals surface area contributed by atoms with E-state index in [0.29, 0.717) is 0 Å². The first kappa shape index (κ1) is 20.6. The van der Waals surface area contributed by atoms with Crippen molar-refractivity contribution in [2.45, 2.75) is 24.9 Å². The maximum Gasteiger partial charge on any atom is 0.136 e. The van der Waals surface area contributed by atoms with Gasteiger partial charge in [-0.2, -0.15) is 0 Å². The van der Waals surface area contributed by atoms with Crippen LogP contribution in [0.25, 0.3) is 10.8 Å². The van der Waals surface area contributed by atoms with E-state index in [0.717, 1.165) is 22.1 Å². The van der Waals surface area contributed by atoms with Gasteiger partial charge in [-0.15, -0.1) is 0 Å². The average molecular weight is 443 g/mol. The van der Waals surface area contributed by atoms with Gasteiger partial charge in [0.1, 0.15) is 17.6 Å². The second-order valence-corrected chi connectivity index (χ2v) is 9.12. The zero-order valence-corrected chi connectivity index (χ0v) is 19.1. The minimum Gasteiger partial charge on any atom is -0.508 e. The second-order valence-electron chi connectivity index (χ2n) is 9.12. The van der Waals surface area contributed by atoms with Gasteiger partial charge in [0.2, 0.25) is 0 Å². The molecule has 0 fully saturated rings. The van der Waals surface area contributed by atoms with E-state index in [1.165, 1.54) is 22.3 Å². The fraction of sp³-hybridized carbons (Fsp3) is 0.125. The Kier molecular flexibility index (Phi) is 5.07. The number of phenolic OH excluding ortho intramolecular Hbond substituents is 1. The molecular weight excluding hydrogens is 416 g/mol. The number of aryl methyl sites for hydroxylation is 1. The molecule has 0 unspecified atom stereocenters. The minimum absolute atomic E-state index is 0.0189. The third-order valence-electron chi connectivity index (χ3n) is 7.05. The third kappa shape index (κ3) is 3.43.